The fourth-order valence-electron chi connectivity index (χ4n) is 2.31. The summed E-state index contributed by atoms with van der Waals surface area (Å²) in [6.45, 7) is 4.33. The monoisotopic (exact) mass is 294 g/mol. The van der Waals surface area contributed by atoms with E-state index in [0.717, 1.165) is 11.1 Å². The van der Waals surface area contributed by atoms with Crippen LogP contribution < -0.4 is 0 Å². The van der Waals surface area contributed by atoms with Gasteiger partial charge in [-0.1, -0.05) is 68.4 Å². The predicted octanol–water partition coefficient (Wildman–Crippen LogP) is 4.61. The maximum absolute atomic E-state index is 12.0. The number of methoxy groups -OCH3 is 1. The zero-order valence-corrected chi connectivity index (χ0v) is 13.4. The van der Waals surface area contributed by atoms with Gasteiger partial charge in [0.15, 0.2) is 0 Å². The molecule has 0 N–H and O–H groups in total. The van der Waals surface area contributed by atoms with Gasteiger partial charge in [0.2, 0.25) is 0 Å². The fraction of sp³-hybridized carbons (Fsp3) is 0.250. The highest BCUT2D eigenvalue weighted by molar-refractivity contribution is 5.94. The third kappa shape index (κ3) is 4.32. The smallest absolute Gasteiger partial charge is 0.334 e. The first-order valence-corrected chi connectivity index (χ1v) is 7.53. The first-order chi connectivity index (χ1) is 10.6. The molecule has 22 heavy (non-hydrogen) atoms. The first-order valence-electron chi connectivity index (χ1n) is 7.53. The number of hydrogen-bond donors (Lipinski definition) is 0. The molecule has 0 saturated carbocycles. The van der Waals surface area contributed by atoms with Crippen LogP contribution in [0.5, 0.6) is 0 Å². The van der Waals surface area contributed by atoms with Crippen LogP contribution >= 0.6 is 0 Å². The summed E-state index contributed by atoms with van der Waals surface area (Å²) in [4.78, 5) is 12.0. The lowest BCUT2D eigenvalue weighted by Gasteiger charge is -2.08. The Morgan fingerprint density at radius 3 is 2.23 bits per heavy atom. The van der Waals surface area contributed by atoms with Gasteiger partial charge in [0.25, 0.3) is 0 Å². The van der Waals surface area contributed by atoms with Crippen molar-refractivity contribution in [3.63, 3.8) is 0 Å². The number of carbonyl (C=O) groups is 1. The molecule has 0 radical (unpaired) electrons. The molecule has 0 amide bonds. The molecular formula is C20H22O2. The molecule has 0 fully saturated rings. The van der Waals surface area contributed by atoms with Crippen LogP contribution in [0.25, 0.3) is 6.08 Å². The van der Waals surface area contributed by atoms with Crippen molar-refractivity contribution in [2.24, 2.45) is 0 Å². The van der Waals surface area contributed by atoms with Gasteiger partial charge in [0.05, 0.1) is 7.11 Å². The van der Waals surface area contributed by atoms with Crippen molar-refractivity contribution in [3.8, 4) is 0 Å². The average Bonchev–Trinajstić information content (AvgIpc) is 2.55. The molecule has 0 spiro atoms. The van der Waals surface area contributed by atoms with Crippen LogP contribution in [0.1, 0.15) is 36.5 Å². The second-order valence-electron chi connectivity index (χ2n) is 5.64. The SMILES string of the molecule is COC(=O)C(=Cc1ccc(C(C)C)cc1)Cc1ccccc1. The summed E-state index contributed by atoms with van der Waals surface area (Å²) in [6, 6.07) is 18.2. The van der Waals surface area contributed by atoms with E-state index in [4.69, 9.17) is 4.74 Å². The topological polar surface area (TPSA) is 26.3 Å². The number of benzene rings is 2. The van der Waals surface area contributed by atoms with Gasteiger partial charge in [0.1, 0.15) is 0 Å². The number of hydrogen-bond acceptors (Lipinski definition) is 2. The zero-order chi connectivity index (χ0) is 15.9. The van der Waals surface area contributed by atoms with Crippen molar-refractivity contribution in [2.75, 3.05) is 7.11 Å². The van der Waals surface area contributed by atoms with E-state index in [1.807, 2.05) is 48.5 Å². The third-order valence-electron chi connectivity index (χ3n) is 3.63. The Morgan fingerprint density at radius 1 is 1.05 bits per heavy atom. The molecule has 2 aromatic rings. The Balaban J connectivity index is 2.26. The van der Waals surface area contributed by atoms with Crippen LogP contribution in [0.4, 0.5) is 0 Å². The summed E-state index contributed by atoms with van der Waals surface area (Å²) in [7, 11) is 1.42. The standard InChI is InChI=1S/C20H22O2/c1-15(2)18-11-9-17(10-12-18)14-19(20(21)22-3)13-16-7-5-4-6-8-16/h4-12,14-15H,13H2,1-3H3. The van der Waals surface area contributed by atoms with Crippen molar-refractivity contribution in [1.82, 2.24) is 0 Å². The minimum Gasteiger partial charge on any atom is -0.466 e. The molecule has 0 unspecified atom stereocenters. The van der Waals surface area contributed by atoms with Gasteiger partial charge in [-0.2, -0.15) is 0 Å². The van der Waals surface area contributed by atoms with E-state index >= 15 is 0 Å². The van der Waals surface area contributed by atoms with Gasteiger partial charge in [-0.15, -0.1) is 0 Å². The molecule has 0 atom stereocenters. The average molecular weight is 294 g/mol. The lowest BCUT2D eigenvalue weighted by Crippen LogP contribution is -2.07. The maximum atomic E-state index is 12.0. The minimum atomic E-state index is -0.281. The lowest BCUT2D eigenvalue weighted by atomic mass is 9.99. The molecule has 2 rings (SSSR count). The first kappa shape index (κ1) is 16.0. The molecule has 0 aliphatic rings. The Labute approximate surface area is 132 Å². The Morgan fingerprint density at radius 2 is 1.68 bits per heavy atom. The molecule has 0 bridgehead atoms. The number of esters is 1. The Kier molecular flexibility index (Phi) is 5.54. The molecular weight excluding hydrogens is 272 g/mol. The van der Waals surface area contributed by atoms with E-state index in [9.17, 15) is 4.79 Å². The molecule has 0 aliphatic carbocycles. The zero-order valence-electron chi connectivity index (χ0n) is 13.4. The van der Waals surface area contributed by atoms with Crippen LogP contribution in [0.2, 0.25) is 0 Å². The van der Waals surface area contributed by atoms with Crippen LogP contribution in [0.3, 0.4) is 0 Å². The highest BCUT2D eigenvalue weighted by Gasteiger charge is 2.10. The van der Waals surface area contributed by atoms with Crippen molar-refractivity contribution in [3.05, 3.63) is 76.9 Å². The highest BCUT2D eigenvalue weighted by Crippen LogP contribution is 2.18. The summed E-state index contributed by atoms with van der Waals surface area (Å²) >= 11 is 0. The van der Waals surface area contributed by atoms with E-state index in [-0.39, 0.29) is 5.97 Å². The van der Waals surface area contributed by atoms with E-state index < -0.39 is 0 Å². The molecule has 2 aromatic carbocycles. The van der Waals surface area contributed by atoms with Crippen molar-refractivity contribution in [1.29, 1.82) is 0 Å². The molecule has 0 aromatic heterocycles. The van der Waals surface area contributed by atoms with Crippen LogP contribution in [-0.2, 0) is 16.0 Å². The number of rotatable bonds is 5. The summed E-state index contributed by atoms with van der Waals surface area (Å²) in [6.07, 6.45) is 2.47. The predicted molar refractivity (Wildman–Crippen MR) is 90.7 cm³/mol. The molecule has 2 nitrogen and oxygen atoms in total. The second-order valence-corrected chi connectivity index (χ2v) is 5.64. The van der Waals surface area contributed by atoms with Crippen molar-refractivity contribution in [2.45, 2.75) is 26.2 Å². The largest absolute Gasteiger partial charge is 0.466 e. The van der Waals surface area contributed by atoms with Gasteiger partial charge in [-0.3, -0.25) is 0 Å². The number of carbonyl (C=O) groups excluding carboxylic acids is 1. The second kappa shape index (κ2) is 7.60. The third-order valence-corrected chi connectivity index (χ3v) is 3.63. The van der Waals surface area contributed by atoms with Crippen LogP contribution in [0.15, 0.2) is 60.2 Å². The normalized spacial score (nSPS) is 11.5. The van der Waals surface area contributed by atoms with E-state index in [1.54, 1.807) is 0 Å². The van der Waals surface area contributed by atoms with Gasteiger partial charge in [-0.05, 0) is 28.7 Å². The van der Waals surface area contributed by atoms with Gasteiger partial charge in [0, 0.05) is 12.0 Å². The summed E-state index contributed by atoms with van der Waals surface area (Å²) in [5.41, 5.74) is 4.06. The van der Waals surface area contributed by atoms with Crippen molar-refractivity contribution < 1.29 is 9.53 Å². The quantitative estimate of drug-likeness (QED) is 0.594. The number of ether oxygens (including phenoxy) is 1. The molecule has 114 valence electrons. The fourth-order valence-corrected chi connectivity index (χ4v) is 2.31. The lowest BCUT2D eigenvalue weighted by molar-refractivity contribution is -0.136. The van der Waals surface area contributed by atoms with Gasteiger partial charge < -0.3 is 4.74 Å². The van der Waals surface area contributed by atoms with Gasteiger partial charge in [-0.25, -0.2) is 4.79 Å². The molecule has 0 heterocycles. The summed E-state index contributed by atoms with van der Waals surface area (Å²) in [5, 5.41) is 0. The van der Waals surface area contributed by atoms with Crippen LogP contribution in [0, 0.1) is 0 Å². The van der Waals surface area contributed by atoms with E-state index in [2.05, 4.69) is 26.0 Å². The molecule has 2 heteroatoms. The Hall–Kier alpha value is -2.35. The van der Waals surface area contributed by atoms with Crippen LogP contribution in [-0.4, -0.2) is 13.1 Å². The van der Waals surface area contributed by atoms with E-state index in [1.165, 1.54) is 12.7 Å². The summed E-state index contributed by atoms with van der Waals surface area (Å²) in [5.74, 6) is 0.221. The molecule has 0 saturated heterocycles. The van der Waals surface area contributed by atoms with E-state index in [0.29, 0.717) is 17.9 Å². The van der Waals surface area contributed by atoms with Crippen molar-refractivity contribution >= 4 is 12.0 Å². The highest BCUT2D eigenvalue weighted by atomic mass is 16.5. The maximum Gasteiger partial charge on any atom is 0.334 e. The molecule has 0 aliphatic heterocycles. The summed E-state index contributed by atoms with van der Waals surface area (Å²) < 4.78 is 4.91. The van der Waals surface area contributed by atoms with Gasteiger partial charge >= 0.3 is 5.97 Å². The minimum absolute atomic E-state index is 0.281. The Bertz CT molecular complexity index is 637.